The van der Waals surface area contributed by atoms with Gasteiger partial charge in [0.1, 0.15) is 11.2 Å². The Balaban J connectivity index is 1.22. The Morgan fingerprint density at radius 3 is 1.86 bits per heavy atom. The lowest BCUT2D eigenvalue weighted by atomic mass is 9.95. The van der Waals surface area contributed by atoms with Crippen molar-refractivity contribution in [2.45, 2.75) is 0 Å². The lowest BCUT2D eigenvalue weighted by molar-refractivity contribution is 0.669. The van der Waals surface area contributed by atoms with Crippen LogP contribution in [0.2, 0.25) is 0 Å². The molecule has 234 valence electrons. The van der Waals surface area contributed by atoms with E-state index in [-0.39, 0.29) is 57.3 Å². The molecule has 0 fully saturated rings. The molecule has 10 aromatic rings. The average Bonchev–Trinajstić information content (AvgIpc) is 3.84. The summed E-state index contributed by atoms with van der Waals surface area (Å²) in [5.41, 5.74) is 5.93. The van der Waals surface area contributed by atoms with E-state index in [0.29, 0.717) is 38.9 Å². The van der Waals surface area contributed by atoms with Crippen molar-refractivity contribution in [2.24, 2.45) is 0 Å². The van der Waals surface area contributed by atoms with E-state index in [4.69, 9.17) is 24.9 Å². The maximum Gasteiger partial charge on any atom is 0.164 e. The number of aromatic nitrogens is 3. The van der Waals surface area contributed by atoms with Gasteiger partial charge in [-0.3, -0.25) is 0 Å². The predicted octanol–water partition coefficient (Wildman–Crippen LogP) is 12.5. The summed E-state index contributed by atoms with van der Waals surface area (Å²) in [6, 6.07) is 37.0. The van der Waals surface area contributed by atoms with Gasteiger partial charge in [-0.1, -0.05) is 115 Å². The second kappa shape index (κ2) is 11.6. The lowest BCUT2D eigenvalue weighted by Gasteiger charge is -2.12. The van der Waals surface area contributed by atoms with Gasteiger partial charge in [-0.2, -0.15) is 0 Å². The van der Waals surface area contributed by atoms with Crippen molar-refractivity contribution in [3.8, 4) is 56.4 Å². The normalized spacial score (nSPS) is 13.6. The number of rotatable bonds is 5. The molecule has 0 aliphatic rings. The van der Waals surface area contributed by atoms with E-state index in [0.717, 1.165) is 49.9 Å². The Hall–Kier alpha value is -6.43. The molecule has 10 rings (SSSR count). The molecule has 0 aliphatic heterocycles. The Bertz CT molecular complexity index is 3280. The molecule has 0 spiro atoms. The van der Waals surface area contributed by atoms with Crippen molar-refractivity contribution < 1.29 is 14.0 Å². The van der Waals surface area contributed by atoms with Gasteiger partial charge in [-0.05, 0) is 70.7 Å². The molecule has 50 heavy (non-hydrogen) atoms. The molecule has 0 radical (unpaired) electrons. The number of benzene rings is 7. The van der Waals surface area contributed by atoms with Gasteiger partial charge in [0.15, 0.2) is 17.5 Å². The van der Waals surface area contributed by atoms with Crippen LogP contribution in [0.15, 0.2) is 168 Å². The van der Waals surface area contributed by atoms with Crippen LogP contribution in [-0.4, -0.2) is 15.0 Å². The topological polar surface area (TPSA) is 51.8 Å². The second-order valence-corrected chi connectivity index (χ2v) is 12.9. The Labute approximate surface area is 301 Å². The Kier molecular flexibility index (Phi) is 5.17. The number of hydrogen-bond acceptors (Lipinski definition) is 5. The molecule has 0 bridgehead atoms. The molecule has 0 atom stereocenters. The van der Waals surface area contributed by atoms with Gasteiger partial charge in [0.25, 0.3) is 0 Å². The third kappa shape index (κ3) is 4.95. The molecule has 0 saturated carbocycles. The fourth-order valence-corrected chi connectivity index (χ4v) is 7.32. The molecule has 0 amide bonds. The van der Waals surface area contributed by atoms with E-state index < -0.39 is 6.04 Å². The van der Waals surface area contributed by atoms with Crippen molar-refractivity contribution in [3.05, 3.63) is 164 Å². The monoisotopic (exact) mass is 664 g/mol. The van der Waals surface area contributed by atoms with E-state index >= 15 is 0 Å². The number of nitrogens with zero attached hydrogens (tertiary/aromatic N) is 3. The number of thiophene rings is 1. The van der Waals surface area contributed by atoms with Crippen LogP contribution in [-0.2, 0) is 0 Å². The van der Waals surface area contributed by atoms with Crippen LogP contribution in [0.4, 0.5) is 0 Å². The summed E-state index contributed by atoms with van der Waals surface area (Å²) in [5.74, 6) is 1.24. The van der Waals surface area contributed by atoms with Crippen molar-refractivity contribution in [3.63, 3.8) is 0 Å². The highest BCUT2D eigenvalue weighted by molar-refractivity contribution is 7.25. The highest BCUT2D eigenvalue weighted by Gasteiger charge is 2.17. The Morgan fingerprint density at radius 1 is 0.420 bits per heavy atom. The van der Waals surface area contributed by atoms with Crippen LogP contribution in [0.25, 0.3) is 98.5 Å². The van der Waals surface area contributed by atoms with Gasteiger partial charge < -0.3 is 4.42 Å². The molecule has 7 aromatic carbocycles. The number of furan rings is 1. The first-order valence-corrected chi connectivity index (χ1v) is 16.8. The zero-order valence-electron chi connectivity index (χ0n) is 33.2. The van der Waals surface area contributed by atoms with Gasteiger partial charge in [-0.25, -0.2) is 15.0 Å². The summed E-state index contributed by atoms with van der Waals surface area (Å²) >= 11 is 1.04. The number of hydrogen-bond donors (Lipinski definition) is 0. The molecule has 4 nitrogen and oxygen atoms in total. The van der Waals surface area contributed by atoms with Crippen LogP contribution < -0.4 is 0 Å². The molecule has 0 aliphatic carbocycles. The summed E-state index contributed by atoms with van der Waals surface area (Å²) < 4.78 is 68.5. The van der Waals surface area contributed by atoms with E-state index in [1.165, 1.54) is 0 Å². The van der Waals surface area contributed by atoms with Crippen LogP contribution >= 0.6 is 11.3 Å². The van der Waals surface area contributed by atoms with E-state index in [1.807, 2.05) is 121 Å². The number of fused-ring (bicyclic) bond motifs is 6. The molecule has 0 saturated heterocycles. The van der Waals surface area contributed by atoms with Crippen molar-refractivity contribution >= 4 is 53.4 Å². The second-order valence-electron chi connectivity index (χ2n) is 11.9. The SMILES string of the molecule is [2H]c1c([2H])c([2H])c2c(sc3c([2H])c(-c4cc(-c5ccccc5)cc(-c5nc(-c6ccccc6)nc(-c6ccc7c(c6)oc6ccccc67)n5)c4)c([2H])c([2H])c32)c1[2H]. The van der Waals surface area contributed by atoms with E-state index in [1.54, 1.807) is 0 Å². The van der Waals surface area contributed by atoms with Crippen LogP contribution in [0.1, 0.15) is 9.60 Å². The Morgan fingerprint density at radius 2 is 1.04 bits per heavy atom. The maximum absolute atomic E-state index is 9.49. The number of para-hydroxylation sites is 1. The minimum absolute atomic E-state index is 0.0410. The summed E-state index contributed by atoms with van der Waals surface area (Å²) in [6.07, 6.45) is 0. The molecule has 0 N–H and O–H groups in total. The lowest BCUT2D eigenvalue weighted by Crippen LogP contribution is -2.00. The molecule has 3 heterocycles. The van der Waals surface area contributed by atoms with Gasteiger partial charge in [0, 0.05) is 47.6 Å². The van der Waals surface area contributed by atoms with E-state index in [2.05, 4.69) is 0 Å². The fraction of sp³-hybridized carbons (Fsp3) is 0. The standard InChI is InChI=1S/C45H27N3OS/c1-3-11-28(12-4-1)32-23-33(30-19-22-38-37-16-8-10-18-41(37)50-42(38)27-30)25-34(24-32)45-47-43(29-13-5-2-6-14-29)46-44(48-45)31-20-21-36-35-15-7-9-17-39(35)49-40(36)26-31/h1-27H/i8D,10D,16D,18D,19D,22D,27D. The van der Waals surface area contributed by atoms with E-state index in [9.17, 15) is 4.11 Å². The summed E-state index contributed by atoms with van der Waals surface area (Å²) in [4.78, 5) is 15.0. The van der Waals surface area contributed by atoms with Gasteiger partial charge >= 0.3 is 0 Å². The van der Waals surface area contributed by atoms with Crippen molar-refractivity contribution in [1.82, 2.24) is 15.0 Å². The summed E-state index contributed by atoms with van der Waals surface area (Å²) in [5, 5.41) is 2.33. The first-order valence-electron chi connectivity index (χ1n) is 19.5. The summed E-state index contributed by atoms with van der Waals surface area (Å²) in [7, 11) is 0. The highest BCUT2D eigenvalue weighted by atomic mass is 32.1. The molecule has 5 heteroatoms. The first kappa shape index (κ1) is 22.3. The zero-order valence-corrected chi connectivity index (χ0v) is 27.0. The quantitative estimate of drug-likeness (QED) is 0.184. The van der Waals surface area contributed by atoms with Crippen LogP contribution in [0.3, 0.4) is 0 Å². The van der Waals surface area contributed by atoms with Gasteiger partial charge in [-0.15, -0.1) is 11.3 Å². The van der Waals surface area contributed by atoms with Crippen molar-refractivity contribution in [2.75, 3.05) is 0 Å². The minimum atomic E-state index is -0.418. The molecule has 3 aromatic heterocycles. The molecular formula is C45H27N3OS. The fourth-order valence-electron chi connectivity index (χ4n) is 6.36. The molecular weight excluding hydrogens is 631 g/mol. The van der Waals surface area contributed by atoms with Gasteiger partial charge in [0.05, 0.1) is 9.60 Å². The largest absolute Gasteiger partial charge is 0.456 e. The van der Waals surface area contributed by atoms with Crippen LogP contribution in [0, 0.1) is 0 Å². The highest BCUT2D eigenvalue weighted by Crippen LogP contribution is 2.39. The van der Waals surface area contributed by atoms with Gasteiger partial charge in [0.2, 0.25) is 0 Å². The van der Waals surface area contributed by atoms with Crippen molar-refractivity contribution in [1.29, 1.82) is 0 Å². The third-order valence-corrected chi connectivity index (χ3v) is 9.80. The summed E-state index contributed by atoms with van der Waals surface area (Å²) in [6.45, 7) is 0. The molecule has 0 unspecified atom stereocenters. The minimum Gasteiger partial charge on any atom is -0.456 e. The zero-order chi connectivity index (χ0) is 39.1. The average molecular weight is 665 g/mol. The third-order valence-electron chi connectivity index (χ3n) is 8.78. The first-order chi connectivity index (χ1) is 27.7. The predicted molar refractivity (Wildman–Crippen MR) is 207 cm³/mol. The maximum atomic E-state index is 9.49. The smallest absolute Gasteiger partial charge is 0.164 e. The van der Waals surface area contributed by atoms with Crippen LogP contribution in [0.5, 0.6) is 0 Å².